The van der Waals surface area contributed by atoms with Crippen molar-refractivity contribution in [3.05, 3.63) is 106 Å². The van der Waals surface area contributed by atoms with E-state index in [1.165, 1.54) is 17.7 Å². The molecule has 0 aliphatic carbocycles. The predicted octanol–water partition coefficient (Wildman–Crippen LogP) is 5.38. The lowest BCUT2D eigenvalue weighted by atomic mass is 9.89. The number of imide groups is 2. The molecule has 5 aromatic rings. The zero-order valence-electron chi connectivity index (χ0n) is 37.5. The van der Waals surface area contributed by atoms with Gasteiger partial charge in [-0.25, -0.2) is 9.67 Å². The molecule has 4 N–H and O–H groups in total. The highest BCUT2D eigenvalue weighted by molar-refractivity contribution is 6.23. The average Bonchev–Trinajstić information content (AvgIpc) is 3.78. The largest absolute Gasteiger partial charge is 0.376 e. The number of aryl methyl sites for hydroxylation is 3. The van der Waals surface area contributed by atoms with E-state index in [1.54, 1.807) is 32.8 Å². The number of hydrogen-bond donors (Lipinski definition) is 4. The molecule has 0 bridgehead atoms. The number of fused-ring (bicyclic) bond motifs is 2. The number of amides is 6. The number of carbonyl (C=O) groups is 6. The molecule has 0 spiro atoms. The number of carbonyl (C=O) groups excluding carboxylic acids is 6. The lowest BCUT2D eigenvalue weighted by molar-refractivity contribution is -0.136. The first kappa shape index (κ1) is 44.3. The summed E-state index contributed by atoms with van der Waals surface area (Å²) < 4.78 is 1.74. The summed E-state index contributed by atoms with van der Waals surface area (Å²) in [7, 11) is 1.86. The van der Waals surface area contributed by atoms with Gasteiger partial charge in [0.25, 0.3) is 17.7 Å². The van der Waals surface area contributed by atoms with Gasteiger partial charge in [-0.15, -0.1) is 0 Å². The molecule has 9 rings (SSSR count). The third-order valence-electron chi connectivity index (χ3n) is 13.3. The van der Waals surface area contributed by atoms with Gasteiger partial charge >= 0.3 is 0 Å². The van der Waals surface area contributed by atoms with Crippen molar-refractivity contribution in [1.82, 2.24) is 39.8 Å². The first-order valence-corrected chi connectivity index (χ1v) is 22.5. The SMILES string of the molecule is Cc1cccc(C)c1Nc1nn(C)c2nc(Nc3ccc(C4CCN(C(=O)/C(C#N)=C/C5CCN(C(=O)CNc6ccc7c(c6)C(=O)N(C6CCC(=O)NC6=O)C7=O)CC5)CC4)cc3)ncc12. The number of aromatic nitrogens is 4. The van der Waals surface area contributed by atoms with Crippen molar-refractivity contribution in [1.29, 1.82) is 5.26 Å². The van der Waals surface area contributed by atoms with Crippen LogP contribution in [0.4, 0.5) is 28.8 Å². The van der Waals surface area contributed by atoms with Gasteiger partial charge in [-0.2, -0.15) is 15.3 Å². The Labute approximate surface area is 386 Å². The molecular formula is C49H50N12O6. The molecule has 0 radical (unpaired) electrons. The van der Waals surface area contributed by atoms with E-state index in [-0.39, 0.29) is 59.7 Å². The molecule has 67 heavy (non-hydrogen) atoms. The quantitative estimate of drug-likeness (QED) is 0.0743. The Bertz CT molecular complexity index is 2880. The minimum atomic E-state index is -1.06. The molecule has 3 fully saturated rings. The first-order chi connectivity index (χ1) is 32.3. The molecule has 6 heterocycles. The van der Waals surface area contributed by atoms with Crippen LogP contribution in [0, 0.1) is 31.1 Å². The summed E-state index contributed by atoms with van der Waals surface area (Å²) in [5.41, 5.74) is 6.84. The van der Waals surface area contributed by atoms with Gasteiger partial charge in [0.05, 0.1) is 23.1 Å². The summed E-state index contributed by atoms with van der Waals surface area (Å²) in [5, 5.41) is 27.5. The van der Waals surface area contributed by atoms with Crippen molar-refractivity contribution in [3.63, 3.8) is 0 Å². The molecule has 18 heteroatoms. The number of hydrogen-bond acceptors (Lipinski definition) is 13. The van der Waals surface area contributed by atoms with Crippen molar-refractivity contribution in [2.24, 2.45) is 13.0 Å². The highest BCUT2D eigenvalue weighted by Gasteiger charge is 2.44. The Morgan fingerprint density at radius 1 is 0.851 bits per heavy atom. The summed E-state index contributed by atoms with van der Waals surface area (Å²) in [5.74, 6) is -1.40. The minimum Gasteiger partial charge on any atom is -0.376 e. The second kappa shape index (κ2) is 18.5. The lowest BCUT2D eigenvalue weighted by Crippen LogP contribution is -2.54. The number of nitrogens with zero attached hydrogens (tertiary/aromatic N) is 8. The van der Waals surface area contributed by atoms with Crippen molar-refractivity contribution in [3.8, 4) is 6.07 Å². The van der Waals surface area contributed by atoms with E-state index in [2.05, 4.69) is 75.5 Å². The van der Waals surface area contributed by atoms with E-state index in [0.29, 0.717) is 62.1 Å². The van der Waals surface area contributed by atoms with E-state index in [9.17, 15) is 34.0 Å². The molecule has 6 amide bonds. The predicted molar refractivity (Wildman–Crippen MR) is 248 cm³/mol. The fourth-order valence-electron chi connectivity index (χ4n) is 9.45. The topological polar surface area (TPSA) is 228 Å². The second-order valence-electron chi connectivity index (χ2n) is 17.6. The third kappa shape index (κ3) is 9.04. The maximum atomic E-state index is 13.6. The Morgan fingerprint density at radius 2 is 1.54 bits per heavy atom. The van der Waals surface area contributed by atoms with Crippen LogP contribution in [0.5, 0.6) is 0 Å². The van der Waals surface area contributed by atoms with Crippen molar-refractivity contribution >= 4 is 75.3 Å². The fourth-order valence-corrected chi connectivity index (χ4v) is 9.45. The van der Waals surface area contributed by atoms with Gasteiger partial charge in [0, 0.05) is 62.9 Å². The number of piperidine rings is 3. The van der Waals surface area contributed by atoms with Crippen LogP contribution >= 0.6 is 0 Å². The van der Waals surface area contributed by atoms with Crippen LogP contribution < -0.4 is 21.3 Å². The summed E-state index contributed by atoms with van der Waals surface area (Å²) in [6, 6.07) is 20.0. The molecule has 0 saturated carbocycles. The molecule has 2 aromatic heterocycles. The van der Waals surface area contributed by atoms with Gasteiger partial charge in [-0.1, -0.05) is 36.4 Å². The van der Waals surface area contributed by atoms with Gasteiger partial charge in [0.15, 0.2) is 11.5 Å². The minimum absolute atomic E-state index is 0.0286. The summed E-state index contributed by atoms with van der Waals surface area (Å²) in [6.45, 7) is 6.04. The van der Waals surface area contributed by atoms with E-state index < -0.39 is 29.7 Å². The van der Waals surface area contributed by atoms with Crippen molar-refractivity contribution in [2.75, 3.05) is 48.7 Å². The molecule has 1 atom stereocenters. The highest BCUT2D eigenvalue weighted by atomic mass is 16.2. The molecule has 3 aromatic carbocycles. The summed E-state index contributed by atoms with van der Waals surface area (Å²) in [6.07, 6.45) is 6.36. The Balaban J connectivity index is 0.728. The van der Waals surface area contributed by atoms with Crippen LogP contribution in [0.1, 0.15) is 81.8 Å². The van der Waals surface area contributed by atoms with E-state index in [1.807, 2.05) is 25.2 Å². The van der Waals surface area contributed by atoms with Crippen LogP contribution in [0.25, 0.3) is 11.0 Å². The number of nitrogens with one attached hydrogen (secondary N) is 4. The summed E-state index contributed by atoms with van der Waals surface area (Å²) in [4.78, 5) is 90.7. The molecule has 342 valence electrons. The Morgan fingerprint density at radius 3 is 2.24 bits per heavy atom. The number of allylic oxidation sites excluding steroid dienone is 1. The maximum absolute atomic E-state index is 13.6. The second-order valence-corrected chi connectivity index (χ2v) is 17.6. The lowest BCUT2D eigenvalue weighted by Gasteiger charge is -2.33. The summed E-state index contributed by atoms with van der Waals surface area (Å²) >= 11 is 0. The fraction of sp³-hybridized carbons (Fsp3) is 0.347. The molecular weight excluding hydrogens is 853 g/mol. The molecule has 4 aliphatic rings. The average molecular weight is 903 g/mol. The van der Waals surface area contributed by atoms with Gasteiger partial charge in [-0.05, 0) is 105 Å². The molecule has 1 unspecified atom stereocenters. The molecule has 3 saturated heterocycles. The van der Waals surface area contributed by atoms with Crippen molar-refractivity contribution in [2.45, 2.75) is 64.3 Å². The van der Waals surface area contributed by atoms with Crippen LogP contribution in [-0.2, 0) is 26.2 Å². The molecule has 4 aliphatic heterocycles. The number of anilines is 5. The smallest absolute Gasteiger partial charge is 0.264 e. The normalized spacial score (nSPS) is 18.2. The number of rotatable bonds is 11. The van der Waals surface area contributed by atoms with Gasteiger partial charge in [0.1, 0.15) is 17.7 Å². The van der Waals surface area contributed by atoms with Gasteiger partial charge in [0.2, 0.25) is 23.7 Å². The van der Waals surface area contributed by atoms with E-state index in [0.717, 1.165) is 45.6 Å². The molecule has 18 nitrogen and oxygen atoms in total. The zero-order chi connectivity index (χ0) is 46.9. The zero-order valence-corrected chi connectivity index (χ0v) is 37.5. The Hall–Kier alpha value is -7.94. The first-order valence-electron chi connectivity index (χ1n) is 22.5. The third-order valence-corrected chi connectivity index (χ3v) is 13.3. The van der Waals surface area contributed by atoms with E-state index in [4.69, 9.17) is 4.98 Å². The van der Waals surface area contributed by atoms with Gasteiger partial charge < -0.3 is 25.8 Å². The van der Waals surface area contributed by atoms with Crippen LogP contribution in [0.3, 0.4) is 0 Å². The van der Waals surface area contributed by atoms with Gasteiger partial charge in [-0.3, -0.25) is 39.0 Å². The maximum Gasteiger partial charge on any atom is 0.264 e. The van der Waals surface area contributed by atoms with Crippen LogP contribution in [0.15, 0.2) is 78.5 Å². The van der Waals surface area contributed by atoms with E-state index >= 15 is 0 Å². The number of likely N-dealkylation sites (tertiary alicyclic amines) is 2. The standard InChI is InChI=1S/C49H50N12O6/c1-28-5-4-6-29(2)42(28)55-43-38-26-52-49(56-44(38)58(3)57-43)53-34-9-7-31(8-10-34)32-17-21-60(22-18-32)46(65)33(25-50)23-30-15-19-59(20-16-30)41(63)27-51-35-11-12-36-37(24-35)48(67)61(47(36)66)39-13-14-40(62)54-45(39)64/h4-12,23-24,26,30,32,39,51H,13-22,27H2,1-3H3,(H,55,57)(H,52,53,56)(H,54,62,64)/b33-23+. The number of nitriles is 1. The number of para-hydroxylation sites is 1. The Kier molecular flexibility index (Phi) is 12.2. The number of benzene rings is 3. The highest BCUT2D eigenvalue weighted by Crippen LogP contribution is 2.33. The monoisotopic (exact) mass is 902 g/mol. The van der Waals surface area contributed by atoms with Crippen molar-refractivity contribution < 1.29 is 28.8 Å². The van der Waals surface area contributed by atoms with Crippen LogP contribution in [0.2, 0.25) is 0 Å². The van der Waals surface area contributed by atoms with Crippen LogP contribution in [-0.4, -0.2) is 109 Å².